The van der Waals surface area contributed by atoms with Crippen LogP contribution in [0.5, 0.6) is 23.0 Å². The average molecular weight is 1000 g/mol. The Morgan fingerprint density at radius 2 is 1.10 bits per heavy atom. The number of sulfone groups is 2. The molecule has 0 unspecified atom stereocenters. The van der Waals surface area contributed by atoms with Gasteiger partial charge in [-0.1, -0.05) is 38.6 Å². The van der Waals surface area contributed by atoms with E-state index in [1.165, 1.54) is 45.4 Å². The molecule has 2 aliphatic rings. The van der Waals surface area contributed by atoms with Crippen LogP contribution in [0.15, 0.2) is 72.8 Å². The largest absolute Gasteiger partial charge is 0.493 e. The van der Waals surface area contributed by atoms with Gasteiger partial charge in [0.1, 0.15) is 19.7 Å². The lowest BCUT2D eigenvalue weighted by molar-refractivity contribution is -0.115. The van der Waals surface area contributed by atoms with Crippen molar-refractivity contribution in [1.82, 2.24) is 4.90 Å². The van der Waals surface area contributed by atoms with E-state index in [1.807, 2.05) is 13.8 Å². The van der Waals surface area contributed by atoms with Crippen molar-refractivity contribution in [2.24, 2.45) is 11.5 Å². The van der Waals surface area contributed by atoms with Crippen LogP contribution in [0.4, 0.5) is 11.4 Å². The molecule has 4 aromatic carbocycles. The number of esters is 2. The molecule has 2 heterocycles. The maximum absolute atomic E-state index is 13.3. The van der Waals surface area contributed by atoms with Crippen LogP contribution < -0.4 is 41.0 Å². The van der Waals surface area contributed by atoms with Crippen LogP contribution in [0.2, 0.25) is 0 Å². The number of hydrogen-bond acceptors (Lipinski definition) is 17. The highest BCUT2D eigenvalue weighted by atomic mass is 32.2. The fourth-order valence-electron chi connectivity index (χ4n) is 6.70. The third-order valence-electron chi connectivity index (χ3n) is 9.28. The highest BCUT2D eigenvalue weighted by Gasteiger charge is 2.43. The smallest absolute Gasteiger partial charge is 0.349 e. The molecule has 0 radical (unpaired) electrons. The van der Waals surface area contributed by atoms with E-state index in [9.17, 15) is 45.6 Å². The zero-order valence-electron chi connectivity index (χ0n) is 39.2. The van der Waals surface area contributed by atoms with Crippen molar-refractivity contribution < 1.29 is 69.3 Å². The lowest BCUT2D eigenvalue weighted by Gasteiger charge is -2.27. The number of cyclic esters (lactones) is 2. The van der Waals surface area contributed by atoms with Crippen LogP contribution in [0, 0.1) is 0 Å². The van der Waals surface area contributed by atoms with Gasteiger partial charge in [-0.05, 0) is 80.1 Å². The molecular weight excluding hydrogens is 941 g/mol. The van der Waals surface area contributed by atoms with Crippen molar-refractivity contribution >= 4 is 66.6 Å². The molecule has 6 rings (SSSR count). The number of benzene rings is 4. The number of fused-ring (bicyclic) bond motifs is 2. The predicted molar refractivity (Wildman–Crippen MR) is 261 cm³/mol. The second-order valence-corrected chi connectivity index (χ2v) is 19.2. The summed E-state index contributed by atoms with van der Waals surface area (Å²) in [4.78, 5) is 72.3. The molecule has 0 aliphatic carbocycles. The first-order chi connectivity index (χ1) is 31.9. The van der Waals surface area contributed by atoms with Gasteiger partial charge in [-0.25, -0.2) is 26.4 Å². The van der Waals surface area contributed by atoms with Crippen LogP contribution in [-0.2, 0) is 34.0 Å². The summed E-state index contributed by atoms with van der Waals surface area (Å²) in [6.07, 6.45) is 2.20. The third kappa shape index (κ3) is 16.1. The van der Waals surface area contributed by atoms with Gasteiger partial charge < -0.3 is 45.8 Å². The number of nitrogens with two attached hydrogens (primary N) is 2. The molecule has 0 bridgehead atoms. The number of carbonyl (C=O) groups excluding carboxylic acids is 6. The maximum Gasteiger partial charge on any atom is 0.349 e. The summed E-state index contributed by atoms with van der Waals surface area (Å²) in [5.74, 6) is -2.04. The summed E-state index contributed by atoms with van der Waals surface area (Å²) < 4.78 is 72.8. The number of anilines is 2. The second-order valence-electron chi connectivity index (χ2n) is 14.9. The van der Waals surface area contributed by atoms with Gasteiger partial charge in [0.15, 0.2) is 23.0 Å². The SMILES string of the molecule is C.CC(=O)[15NH]c1cccc2c1C(=O)OC2=O.CCN.CCOc1cc([C@@H](CS(C)(=O)=O)N2C(=O)c3cccc([15NH]C(C)=O)c3C2=O)ccc1OC.CCOc1cc([C@H](N)CS(C)(=O)=O)ccc1OC. The topological polar surface area (TPSA) is 296 Å². The van der Waals surface area contributed by atoms with E-state index in [-0.39, 0.29) is 47.0 Å². The average Bonchev–Trinajstić information content (AvgIpc) is 3.69. The van der Waals surface area contributed by atoms with Gasteiger partial charge in [-0.3, -0.25) is 24.1 Å². The van der Waals surface area contributed by atoms with Gasteiger partial charge in [0.05, 0.1) is 78.6 Å². The molecule has 376 valence electrons. The molecule has 0 saturated heterocycles. The number of amides is 4. The van der Waals surface area contributed by atoms with E-state index in [0.29, 0.717) is 53.0 Å². The Balaban J connectivity index is 0.000000373. The number of nitrogens with zero attached hydrogens (tertiary/aromatic N) is 1. The number of methoxy groups -OCH3 is 2. The Morgan fingerprint density at radius 1 is 0.652 bits per heavy atom. The van der Waals surface area contributed by atoms with Gasteiger partial charge in [0.2, 0.25) is 11.8 Å². The standard InChI is InChI=1S/C22H24N2O7S.C12H19NO4S.C10H7NO4.C2H7N.CH4/c1-5-31-19-11-14(9-10-18(19)30-3)17(12-32(4,28)29)24-21(26)15-7-6-8-16(23-13(2)25)20(15)22(24)27;1-4-17-12-7-9(5-6-11(12)16-2)10(13)8-18(3,14)15;1-5(12)11-7-4-2-3-6-8(7)10(14)15-9(6)13;1-2-3;/h6-11,17H,5,12H2,1-4H3,(H,23,25);5-7,10H,4,8,13H2,1-3H3;2-4H,1H3,(H,11,12);2-3H2,1H3;1H4/t17-;10-;;;/m11.../s1/i23+1;;11+1;;. The lowest BCUT2D eigenvalue weighted by Crippen LogP contribution is -2.37. The molecule has 2 atom stereocenters. The van der Waals surface area contributed by atoms with Gasteiger partial charge in [0, 0.05) is 32.4 Å². The van der Waals surface area contributed by atoms with Crippen molar-refractivity contribution in [2.75, 3.05) is 68.6 Å². The summed E-state index contributed by atoms with van der Waals surface area (Å²) in [7, 11) is -3.69. The van der Waals surface area contributed by atoms with Gasteiger partial charge >= 0.3 is 11.9 Å². The Morgan fingerprint density at radius 3 is 1.55 bits per heavy atom. The third-order valence-corrected chi connectivity index (χ3v) is 11.2. The van der Waals surface area contributed by atoms with Crippen LogP contribution in [0.25, 0.3) is 0 Å². The van der Waals surface area contributed by atoms with E-state index in [2.05, 4.69) is 15.4 Å². The number of nitrogens with one attached hydrogen (secondary N) is 2. The maximum atomic E-state index is 13.3. The fraction of sp³-hybridized carbons (Fsp3) is 0.362. The monoisotopic (exact) mass is 1000 g/mol. The molecule has 0 fully saturated rings. The highest BCUT2D eigenvalue weighted by Crippen LogP contribution is 2.39. The van der Waals surface area contributed by atoms with E-state index in [4.69, 9.17) is 30.4 Å². The minimum atomic E-state index is -3.60. The molecule has 4 amide bonds. The molecular formula is C47H61N5O15S2. The van der Waals surface area contributed by atoms with Crippen LogP contribution in [0.1, 0.15) is 107 Å². The first-order valence-electron chi connectivity index (χ1n) is 20.8. The quantitative estimate of drug-likeness (QED) is 0.0519. The van der Waals surface area contributed by atoms with Crippen molar-refractivity contribution in [1.29, 1.82) is 0 Å². The molecule has 22 heteroatoms. The Bertz CT molecular complexity index is 2750. The second kappa shape index (κ2) is 26.0. The minimum absolute atomic E-state index is 0. The number of rotatable bonds is 15. The highest BCUT2D eigenvalue weighted by molar-refractivity contribution is 7.90. The van der Waals surface area contributed by atoms with Crippen LogP contribution in [-0.4, -0.2) is 115 Å². The van der Waals surface area contributed by atoms with E-state index >= 15 is 0 Å². The zero-order valence-corrected chi connectivity index (χ0v) is 40.8. The van der Waals surface area contributed by atoms with Crippen molar-refractivity contribution in [3.63, 3.8) is 0 Å². The number of carbonyl (C=O) groups is 6. The molecule has 0 spiro atoms. The lowest BCUT2D eigenvalue weighted by atomic mass is 10.1. The molecule has 0 aromatic heterocycles. The Hall–Kier alpha value is -6.88. The Kier molecular flexibility index (Phi) is 22.0. The summed E-state index contributed by atoms with van der Waals surface area (Å²) in [6, 6.07) is 17.4. The first-order valence-corrected chi connectivity index (χ1v) is 25.0. The van der Waals surface area contributed by atoms with Crippen molar-refractivity contribution in [3.05, 3.63) is 106 Å². The normalized spacial score (nSPS) is 13.2. The molecule has 69 heavy (non-hydrogen) atoms. The predicted octanol–water partition coefficient (Wildman–Crippen LogP) is 5.13. The van der Waals surface area contributed by atoms with Gasteiger partial charge in [-0.15, -0.1) is 0 Å². The minimum Gasteiger partial charge on any atom is -0.493 e. The number of hydrogen-bond donors (Lipinski definition) is 4. The summed E-state index contributed by atoms with van der Waals surface area (Å²) in [5, 5.41) is 5.02. The summed E-state index contributed by atoms with van der Waals surface area (Å²) in [5.41, 5.74) is 12.8. The van der Waals surface area contributed by atoms with Crippen molar-refractivity contribution in [2.45, 2.75) is 54.1 Å². The van der Waals surface area contributed by atoms with Gasteiger partial charge in [0.25, 0.3) is 11.8 Å². The number of imide groups is 1. The van der Waals surface area contributed by atoms with E-state index in [0.717, 1.165) is 17.7 Å². The molecule has 6 N–H and O–H groups in total. The number of ether oxygens (including phenoxy) is 5. The van der Waals surface area contributed by atoms with E-state index in [1.54, 1.807) is 68.6 Å². The molecule has 4 aromatic rings. The molecule has 20 nitrogen and oxygen atoms in total. The van der Waals surface area contributed by atoms with Gasteiger partial charge in [-0.2, -0.15) is 0 Å². The molecule has 2 aliphatic heterocycles. The summed E-state index contributed by atoms with van der Waals surface area (Å²) >= 11 is 0. The first kappa shape index (κ1) is 58.2. The fourth-order valence-corrected chi connectivity index (χ4v) is 8.46. The zero-order chi connectivity index (χ0) is 51.1. The Labute approximate surface area is 402 Å². The molecule has 0 saturated carbocycles. The van der Waals surface area contributed by atoms with Crippen LogP contribution >= 0.6 is 0 Å². The summed E-state index contributed by atoms with van der Waals surface area (Å²) in [6.45, 7) is 9.75. The van der Waals surface area contributed by atoms with E-state index < -0.39 is 67.2 Å². The van der Waals surface area contributed by atoms with Crippen molar-refractivity contribution in [3.8, 4) is 23.0 Å². The van der Waals surface area contributed by atoms with Crippen LogP contribution in [0.3, 0.4) is 0 Å².